The molecule has 0 unspecified atom stereocenters. The molecule has 3 rings (SSSR count). The van der Waals surface area contributed by atoms with Crippen LogP contribution in [-0.2, 0) is 4.79 Å². The van der Waals surface area contributed by atoms with Crippen LogP contribution in [0.4, 0.5) is 10.1 Å². The summed E-state index contributed by atoms with van der Waals surface area (Å²) in [5, 5.41) is 19.1. The highest BCUT2D eigenvalue weighted by molar-refractivity contribution is 8.18. The second-order valence-electron chi connectivity index (χ2n) is 5.77. The summed E-state index contributed by atoms with van der Waals surface area (Å²) < 4.78 is 13.1. The number of aromatic hydroxyl groups is 1. The molecule has 6 nitrogen and oxygen atoms in total. The number of carbonyl (C=O) groups excluding carboxylic acids is 1. The van der Waals surface area contributed by atoms with Crippen LogP contribution in [0.3, 0.4) is 0 Å². The van der Waals surface area contributed by atoms with Crippen LogP contribution in [-0.4, -0.2) is 38.7 Å². The largest absolute Gasteiger partial charge is 0.508 e. The van der Waals surface area contributed by atoms with Gasteiger partial charge >= 0.3 is 5.97 Å². The van der Waals surface area contributed by atoms with Crippen molar-refractivity contribution in [2.75, 3.05) is 6.54 Å². The number of carbonyl (C=O) groups is 2. The molecule has 0 atom stereocenters. The fourth-order valence-electron chi connectivity index (χ4n) is 2.49. The van der Waals surface area contributed by atoms with Gasteiger partial charge in [0.25, 0.3) is 5.91 Å². The maximum atomic E-state index is 13.1. The molecule has 0 spiro atoms. The number of rotatable bonds is 5. The van der Waals surface area contributed by atoms with Gasteiger partial charge in [0.15, 0.2) is 5.17 Å². The van der Waals surface area contributed by atoms with Gasteiger partial charge in [-0.15, -0.1) is 6.58 Å². The molecule has 1 amide bonds. The highest BCUT2D eigenvalue weighted by atomic mass is 32.2. The molecule has 0 aromatic heterocycles. The van der Waals surface area contributed by atoms with Crippen LogP contribution in [0, 0.1) is 5.82 Å². The van der Waals surface area contributed by atoms with E-state index in [1.165, 1.54) is 35.2 Å². The molecule has 8 heteroatoms. The first-order valence-corrected chi connectivity index (χ1v) is 8.93. The second kappa shape index (κ2) is 8.10. The molecule has 1 fully saturated rings. The number of phenolic OH excluding ortho intramolecular Hbond substituents is 1. The van der Waals surface area contributed by atoms with Gasteiger partial charge < -0.3 is 10.2 Å². The Labute approximate surface area is 164 Å². The maximum absolute atomic E-state index is 13.1. The fourth-order valence-corrected chi connectivity index (χ4v) is 3.49. The molecule has 0 radical (unpaired) electrons. The van der Waals surface area contributed by atoms with Gasteiger partial charge in [0, 0.05) is 6.54 Å². The van der Waals surface area contributed by atoms with Crippen LogP contribution in [0.2, 0.25) is 0 Å². The van der Waals surface area contributed by atoms with Gasteiger partial charge in [0.1, 0.15) is 11.6 Å². The lowest BCUT2D eigenvalue weighted by atomic mass is 10.2. The van der Waals surface area contributed by atoms with Crippen molar-refractivity contribution in [2.24, 2.45) is 4.99 Å². The number of aromatic carboxylic acids is 1. The molecular formula is C20H15FN2O4S. The molecule has 1 aliphatic heterocycles. The van der Waals surface area contributed by atoms with E-state index in [0.29, 0.717) is 10.5 Å². The number of benzene rings is 2. The average Bonchev–Trinajstić information content (AvgIpc) is 2.94. The Morgan fingerprint density at radius 2 is 1.96 bits per heavy atom. The zero-order valence-corrected chi connectivity index (χ0v) is 15.3. The number of halogens is 1. The smallest absolute Gasteiger partial charge is 0.338 e. The van der Waals surface area contributed by atoms with E-state index in [2.05, 4.69) is 11.6 Å². The summed E-state index contributed by atoms with van der Waals surface area (Å²) in [5.74, 6) is -2.14. The molecule has 0 saturated carbocycles. The van der Waals surface area contributed by atoms with Crippen molar-refractivity contribution >= 4 is 40.6 Å². The Morgan fingerprint density at radius 1 is 1.25 bits per heavy atom. The second-order valence-corrected chi connectivity index (χ2v) is 6.78. The Balaban J connectivity index is 2.01. The number of carboxylic acids is 1. The predicted molar refractivity (Wildman–Crippen MR) is 106 cm³/mol. The highest BCUT2D eigenvalue weighted by Crippen LogP contribution is 2.35. The minimum atomic E-state index is -1.25. The molecule has 1 heterocycles. The molecule has 1 saturated heterocycles. The monoisotopic (exact) mass is 398 g/mol. The molecule has 1 aliphatic rings. The van der Waals surface area contributed by atoms with E-state index in [0.717, 1.165) is 17.8 Å². The first-order chi connectivity index (χ1) is 13.4. The Bertz CT molecular complexity index is 1020. The quantitative estimate of drug-likeness (QED) is 0.586. The van der Waals surface area contributed by atoms with Crippen LogP contribution >= 0.6 is 11.8 Å². The molecule has 142 valence electrons. The zero-order valence-electron chi connectivity index (χ0n) is 14.5. The molecule has 0 aliphatic carbocycles. The van der Waals surface area contributed by atoms with Gasteiger partial charge in [0.05, 0.1) is 16.2 Å². The third kappa shape index (κ3) is 4.12. The molecule has 2 aromatic rings. The standard InChI is InChI=1S/C20H15FN2O4S/c1-2-9-23-18(25)17(10-12-3-5-13(21)6-4-12)28-20(23)22-16-8-7-14(24)11-15(16)19(26)27/h2-8,10-11,24H,1,9H2,(H,26,27)/b17-10-,22-20?. The highest BCUT2D eigenvalue weighted by Gasteiger charge is 2.33. The minimum absolute atomic E-state index is 0.109. The summed E-state index contributed by atoms with van der Waals surface area (Å²) in [7, 11) is 0. The van der Waals surface area contributed by atoms with Crippen molar-refractivity contribution in [3.63, 3.8) is 0 Å². The number of carboxylic acid groups (broad SMARTS) is 1. The van der Waals surface area contributed by atoms with Gasteiger partial charge in [0.2, 0.25) is 0 Å². The third-order valence-corrected chi connectivity index (χ3v) is 4.80. The lowest BCUT2D eigenvalue weighted by Gasteiger charge is -2.13. The summed E-state index contributed by atoms with van der Waals surface area (Å²) in [4.78, 5) is 30.2. The number of hydrogen-bond acceptors (Lipinski definition) is 5. The van der Waals surface area contributed by atoms with E-state index in [4.69, 9.17) is 0 Å². The lowest BCUT2D eigenvalue weighted by Crippen LogP contribution is -2.29. The Kier molecular flexibility index (Phi) is 5.60. The number of aliphatic imine (C=N–C) groups is 1. The van der Waals surface area contributed by atoms with E-state index in [9.17, 15) is 24.2 Å². The van der Waals surface area contributed by atoms with E-state index in [1.54, 1.807) is 18.2 Å². The first kappa shape index (κ1) is 19.4. The van der Waals surface area contributed by atoms with Crippen molar-refractivity contribution < 1.29 is 24.2 Å². The van der Waals surface area contributed by atoms with Crippen molar-refractivity contribution in [2.45, 2.75) is 0 Å². The van der Waals surface area contributed by atoms with E-state index in [1.807, 2.05) is 0 Å². The molecule has 28 heavy (non-hydrogen) atoms. The fraction of sp³-hybridized carbons (Fsp3) is 0.0500. The molecule has 2 N–H and O–H groups in total. The average molecular weight is 398 g/mol. The molecular weight excluding hydrogens is 383 g/mol. The van der Waals surface area contributed by atoms with Crippen molar-refractivity contribution in [1.82, 2.24) is 4.90 Å². The van der Waals surface area contributed by atoms with E-state index < -0.39 is 5.97 Å². The van der Waals surface area contributed by atoms with Crippen LogP contribution in [0.5, 0.6) is 5.75 Å². The number of thioether (sulfide) groups is 1. The summed E-state index contributed by atoms with van der Waals surface area (Å²) in [6.45, 7) is 3.82. The Hall–Kier alpha value is -3.39. The number of hydrogen-bond donors (Lipinski definition) is 2. The predicted octanol–water partition coefficient (Wildman–Crippen LogP) is 4.02. The van der Waals surface area contributed by atoms with Crippen LogP contribution < -0.4 is 0 Å². The van der Waals surface area contributed by atoms with Crippen LogP contribution in [0.25, 0.3) is 6.08 Å². The number of amides is 1. The van der Waals surface area contributed by atoms with Crippen LogP contribution in [0.1, 0.15) is 15.9 Å². The zero-order chi connectivity index (χ0) is 20.3. The summed E-state index contributed by atoms with van der Waals surface area (Å²) in [6.07, 6.45) is 3.14. The summed E-state index contributed by atoms with van der Waals surface area (Å²) >= 11 is 1.08. The minimum Gasteiger partial charge on any atom is -0.508 e. The van der Waals surface area contributed by atoms with Gasteiger partial charge in [-0.25, -0.2) is 14.2 Å². The topological polar surface area (TPSA) is 90.2 Å². The van der Waals surface area contributed by atoms with E-state index in [-0.39, 0.29) is 40.4 Å². The molecule has 0 bridgehead atoms. The number of phenols is 1. The van der Waals surface area contributed by atoms with Gasteiger partial charge in [-0.2, -0.15) is 0 Å². The summed E-state index contributed by atoms with van der Waals surface area (Å²) in [6, 6.07) is 9.46. The number of amidine groups is 1. The maximum Gasteiger partial charge on any atom is 0.338 e. The number of nitrogens with zero attached hydrogens (tertiary/aromatic N) is 2. The third-order valence-electron chi connectivity index (χ3n) is 3.79. The normalized spacial score (nSPS) is 16.8. The van der Waals surface area contributed by atoms with Crippen molar-refractivity contribution in [1.29, 1.82) is 0 Å². The molecule has 2 aromatic carbocycles. The SMILES string of the molecule is C=CCN1C(=O)/C(=C/c2ccc(F)cc2)SC1=Nc1ccc(O)cc1C(=O)O. The van der Waals surface area contributed by atoms with Crippen molar-refractivity contribution in [3.05, 3.63) is 77.0 Å². The van der Waals surface area contributed by atoms with Gasteiger partial charge in [-0.1, -0.05) is 18.2 Å². The van der Waals surface area contributed by atoms with Crippen LogP contribution in [0.15, 0.2) is 65.0 Å². The first-order valence-electron chi connectivity index (χ1n) is 8.12. The Morgan fingerprint density at radius 3 is 2.61 bits per heavy atom. The lowest BCUT2D eigenvalue weighted by molar-refractivity contribution is -0.121. The van der Waals surface area contributed by atoms with Gasteiger partial charge in [-0.3, -0.25) is 9.69 Å². The van der Waals surface area contributed by atoms with Crippen molar-refractivity contribution in [3.8, 4) is 5.75 Å². The summed E-state index contributed by atoms with van der Waals surface area (Å²) in [5.41, 5.74) is 0.570. The van der Waals surface area contributed by atoms with Gasteiger partial charge in [-0.05, 0) is 53.7 Å². The van der Waals surface area contributed by atoms with E-state index >= 15 is 0 Å².